The smallest absolute Gasteiger partial charge is 0.255 e. The van der Waals surface area contributed by atoms with Crippen LogP contribution in [0.3, 0.4) is 0 Å². The summed E-state index contributed by atoms with van der Waals surface area (Å²) >= 11 is 0. The maximum Gasteiger partial charge on any atom is 0.255 e. The molecule has 11 heteroatoms. The van der Waals surface area contributed by atoms with E-state index in [4.69, 9.17) is 10.5 Å². The predicted octanol–water partition coefficient (Wildman–Crippen LogP) is 1.98. The van der Waals surface area contributed by atoms with Crippen LogP contribution in [0.1, 0.15) is 55.2 Å². The molecule has 6 rings (SSSR count). The van der Waals surface area contributed by atoms with Gasteiger partial charge >= 0.3 is 0 Å². The zero-order valence-corrected chi connectivity index (χ0v) is 24.9. The molecule has 5 aliphatic carbocycles. The van der Waals surface area contributed by atoms with Crippen LogP contribution in [-0.4, -0.2) is 93.6 Å². The third-order valence-corrected chi connectivity index (χ3v) is 10.3. The van der Waals surface area contributed by atoms with Gasteiger partial charge in [-0.2, -0.15) is 0 Å². The molecule has 0 aromatic heterocycles. The lowest BCUT2D eigenvalue weighted by Crippen LogP contribution is -2.65. The molecule has 1 amide bonds. The molecule has 0 unspecified atom stereocenters. The van der Waals surface area contributed by atoms with Crippen LogP contribution in [0.5, 0.6) is 11.5 Å². The fourth-order valence-corrected chi connectivity index (χ4v) is 7.88. The highest BCUT2D eigenvalue weighted by atomic mass is 16.5. The van der Waals surface area contributed by atoms with Crippen LogP contribution in [0, 0.1) is 23.7 Å². The molecular formula is C32H41N3O8. The van der Waals surface area contributed by atoms with E-state index in [9.17, 15) is 34.8 Å². The topological polar surface area (TPSA) is 174 Å². The summed E-state index contributed by atoms with van der Waals surface area (Å²) in [5.41, 5.74) is 3.14. The Morgan fingerprint density at radius 1 is 1.09 bits per heavy atom. The number of likely N-dealkylation sites (N-methyl/N-ethyl adjacent to an activating group) is 1. The summed E-state index contributed by atoms with van der Waals surface area (Å²) < 4.78 is 5.91. The molecule has 43 heavy (non-hydrogen) atoms. The molecule has 0 saturated heterocycles. The van der Waals surface area contributed by atoms with Gasteiger partial charge in [0.1, 0.15) is 28.6 Å². The van der Waals surface area contributed by atoms with Gasteiger partial charge in [0, 0.05) is 42.3 Å². The molecule has 5 aliphatic rings. The van der Waals surface area contributed by atoms with Crippen molar-refractivity contribution in [2.24, 2.45) is 29.4 Å². The second-order valence-electron chi connectivity index (χ2n) is 13.3. The van der Waals surface area contributed by atoms with Crippen molar-refractivity contribution in [2.75, 3.05) is 34.3 Å². The highest BCUT2D eigenvalue weighted by molar-refractivity contribution is 6.24. The number of primary amides is 1. The highest BCUT2D eigenvalue weighted by Crippen LogP contribution is 2.54. The lowest BCUT2D eigenvalue weighted by Gasteiger charge is -2.50. The lowest BCUT2D eigenvalue weighted by molar-refractivity contribution is -0.153. The third-order valence-electron chi connectivity index (χ3n) is 10.3. The Labute approximate surface area is 250 Å². The number of nitrogens with zero attached hydrogens (tertiary/aromatic N) is 2. The summed E-state index contributed by atoms with van der Waals surface area (Å²) in [5, 5.41) is 45.6. The minimum absolute atomic E-state index is 0.0371. The van der Waals surface area contributed by atoms with Crippen LogP contribution < -0.4 is 10.5 Å². The van der Waals surface area contributed by atoms with E-state index in [0.29, 0.717) is 29.7 Å². The molecule has 3 fully saturated rings. The largest absolute Gasteiger partial charge is 0.508 e. The minimum atomic E-state index is -2.66. The Morgan fingerprint density at radius 2 is 1.74 bits per heavy atom. The van der Waals surface area contributed by atoms with Gasteiger partial charge in [0.25, 0.3) is 5.91 Å². The SMILES string of the molecule is COc1c(CN(CC2CCC2)CC2CC2)cc(O)c2c1C[C@H]1C[C@H]3[C@H](N(C)C)C(=O)C(C(N)=O)=C(O)[C@@]3(O)C(=O)C1=C2O. The first-order valence-corrected chi connectivity index (χ1v) is 15.2. The number of aliphatic hydroxyl groups excluding tert-OH is 2. The lowest BCUT2D eigenvalue weighted by atomic mass is 9.57. The first-order valence-electron chi connectivity index (χ1n) is 15.2. The number of benzene rings is 1. The number of ether oxygens (including phenoxy) is 1. The van der Waals surface area contributed by atoms with Gasteiger partial charge in [0.05, 0.1) is 18.7 Å². The number of amides is 1. The number of carbonyl (C=O) groups is 3. The Kier molecular flexibility index (Phi) is 7.34. The van der Waals surface area contributed by atoms with E-state index < -0.39 is 58.0 Å². The Balaban J connectivity index is 1.43. The van der Waals surface area contributed by atoms with Crippen LogP contribution in [0.4, 0.5) is 0 Å². The van der Waals surface area contributed by atoms with E-state index in [1.54, 1.807) is 27.3 Å². The summed E-state index contributed by atoms with van der Waals surface area (Å²) in [4.78, 5) is 43.5. The van der Waals surface area contributed by atoms with Crippen LogP contribution in [0.15, 0.2) is 23.0 Å². The number of phenols is 1. The number of aromatic hydroxyl groups is 1. The van der Waals surface area contributed by atoms with Crippen molar-refractivity contribution in [3.8, 4) is 11.5 Å². The van der Waals surface area contributed by atoms with Crippen LogP contribution in [-0.2, 0) is 27.3 Å². The zero-order chi connectivity index (χ0) is 31.0. The van der Waals surface area contributed by atoms with Crippen molar-refractivity contribution < 1.29 is 39.5 Å². The average molecular weight is 596 g/mol. The van der Waals surface area contributed by atoms with Gasteiger partial charge in [0.2, 0.25) is 5.78 Å². The third kappa shape index (κ3) is 4.63. The normalized spacial score (nSPS) is 29.0. The van der Waals surface area contributed by atoms with Crippen molar-refractivity contribution in [1.29, 1.82) is 0 Å². The van der Waals surface area contributed by atoms with Crippen molar-refractivity contribution in [3.05, 3.63) is 39.7 Å². The number of nitrogens with two attached hydrogens (primary N) is 1. The monoisotopic (exact) mass is 595 g/mol. The Hall–Kier alpha value is -3.41. The molecule has 0 bridgehead atoms. The molecule has 232 valence electrons. The second kappa shape index (κ2) is 10.6. The summed E-state index contributed by atoms with van der Waals surface area (Å²) in [6.45, 7) is 2.54. The minimum Gasteiger partial charge on any atom is -0.508 e. The highest BCUT2D eigenvalue weighted by Gasteiger charge is 2.64. The molecular weight excluding hydrogens is 554 g/mol. The van der Waals surface area contributed by atoms with Gasteiger partial charge in [-0.15, -0.1) is 0 Å². The number of methoxy groups -OCH3 is 1. The van der Waals surface area contributed by atoms with Crippen molar-refractivity contribution in [3.63, 3.8) is 0 Å². The number of ketones is 2. The Morgan fingerprint density at radius 3 is 2.28 bits per heavy atom. The molecule has 0 radical (unpaired) electrons. The number of rotatable bonds is 9. The van der Waals surface area contributed by atoms with Crippen molar-refractivity contribution in [2.45, 2.75) is 63.1 Å². The number of hydrogen-bond acceptors (Lipinski definition) is 10. The predicted molar refractivity (Wildman–Crippen MR) is 156 cm³/mol. The van der Waals surface area contributed by atoms with Crippen molar-refractivity contribution in [1.82, 2.24) is 9.80 Å². The van der Waals surface area contributed by atoms with Crippen molar-refractivity contribution >= 4 is 23.2 Å². The van der Waals surface area contributed by atoms with E-state index in [0.717, 1.165) is 18.7 Å². The van der Waals surface area contributed by atoms with Gasteiger partial charge in [-0.05, 0) is 76.4 Å². The van der Waals surface area contributed by atoms with Gasteiger partial charge in [-0.25, -0.2) is 0 Å². The standard InChI is InChI=1S/C32H41N3O8/c1-34(2)25-20-10-17-9-19-23(26(37)22(17)29(39)32(20,42)30(40)24(27(25)38)31(33)41)21(36)11-18(28(19)43-3)14-35(13-16-7-8-16)12-15-5-4-6-15/h11,15-17,20,25,36-37,40,42H,4-10,12-14H2,1-3H3,(H2,33,41)/t17-,20-,25-,32-/m0/s1. The first kappa shape index (κ1) is 29.7. The first-order chi connectivity index (χ1) is 20.4. The number of carbonyl (C=O) groups excluding carboxylic acids is 3. The van der Waals surface area contributed by atoms with Gasteiger partial charge in [-0.3, -0.25) is 24.2 Å². The molecule has 11 nitrogen and oxygen atoms in total. The quantitative estimate of drug-likeness (QED) is 0.266. The van der Waals surface area contributed by atoms with Crippen LogP contribution >= 0.6 is 0 Å². The molecule has 0 spiro atoms. The maximum atomic E-state index is 14.0. The van der Waals surface area contributed by atoms with E-state index in [1.165, 1.54) is 37.0 Å². The van der Waals surface area contributed by atoms with E-state index in [1.807, 2.05) is 0 Å². The zero-order valence-electron chi connectivity index (χ0n) is 24.9. The molecule has 4 atom stereocenters. The average Bonchev–Trinajstić information content (AvgIpc) is 3.72. The van der Waals surface area contributed by atoms with Gasteiger partial charge in [-0.1, -0.05) is 6.42 Å². The fraction of sp³-hybridized carbons (Fsp3) is 0.594. The summed E-state index contributed by atoms with van der Waals surface area (Å²) in [6, 6.07) is 0.450. The fourth-order valence-electron chi connectivity index (χ4n) is 7.88. The molecule has 0 aliphatic heterocycles. The number of Topliss-reactive ketones (excluding diaryl/α,β-unsaturated/α-hetero) is 2. The van der Waals surface area contributed by atoms with E-state index in [2.05, 4.69) is 4.90 Å². The van der Waals surface area contributed by atoms with Crippen LogP contribution in [0.2, 0.25) is 0 Å². The number of hydrogen-bond donors (Lipinski definition) is 5. The summed E-state index contributed by atoms with van der Waals surface area (Å²) in [5.74, 6) is -4.76. The number of phenolic OH excluding ortho intramolecular Hbond substituents is 1. The summed E-state index contributed by atoms with van der Waals surface area (Å²) in [6.07, 6.45) is 6.38. The van der Waals surface area contributed by atoms with Gasteiger partial charge in [0.15, 0.2) is 11.4 Å². The second-order valence-corrected chi connectivity index (χ2v) is 13.3. The number of fused-ring (bicyclic) bond motifs is 3. The molecule has 1 aromatic rings. The molecule has 3 saturated carbocycles. The van der Waals surface area contributed by atoms with E-state index in [-0.39, 0.29) is 29.7 Å². The van der Waals surface area contributed by atoms with Gasteiger partial charge < -0.3 is 30.9 Å². The Bertz CT molecular complexity index is 1460. The molecule has 1 aromatic carbocycles. The molecule has 6 N–H and O–H groups in total. The van der Waals surface area contributed by atoms with Crippen LogP contribution in [0.25, 0.3) is 5.76 Å². The number of aliphatic hydroxyl groups is 3. The molecule has 0 heterocycles. The van der Waals surface area contributed by atoms with E-state index >= 15 is 0 Å². The maximum absolute atomic E-state index is 14.0. The summed E-state index contributed by atoms with van der Waals surface area (Å²) in [7, 11) is 4.71.